The minimum atomic E-state index is 0.381. The van der Waals surface area contributed by atoms with Crippen LogP contribution in [0.5, 0.6) is 0 Å². The minimum Gasteiger partial charge on any atom is -0.268 e. The number of alkyl halides is 1. The summed E-state index contributed by atoms with van der Waals surface area (Å²) in [6.45, 7) is 5.27. The van der Waals surface area contributed by atoms with Gasteiger partial charge in [-0.05, 0) is 60.9 Å². The van der Waals surface area contributed by atoms with Crippen LogP contribution >= 0.6 is 27.5 Å². The number of nitrogens with zero attached hydrogens (tertiary/aromatic N) is 2. The Balaban J connectivity index is 2.14. The average molecular weight is 334 g/mol. The maximum Gasteiger partial charge on any atom is 0.0766 e. The van der Waals surface area contributed by atoms with Crippen LogP contribution in [0.25, 0.3) is 0 Å². The summed E-state index contributed by atoms with van der Waals surface area (Å²) in [5.41, 5.74) is 2.55. The monoisotopic (exact) mass is 332 g/mol. The highest BCUT2D eigenvalue weighted by Crippen LogP contribution is 2.33. The molecule has 0 bridgehead atoms. The fraction of sp³-hybridized carbons (Fsp3) is 0.786. The van der Waals surface area contributed by atoms with E-state index in [-0.39, 0.29) is 0 Å². The van der Waals surface area contributed by atoms with E-state index >= 15 is 0 Å². The normalized spacial score (nSPS) is 24.4. The summed E-state index contributed by atoms with van der Waals surface area (Å²) in [5.74, 6) is 0.726. The van der Waals surface area contributed by atoms with E-state index in [2.05, 4.69) is 39.6 Å². The zero-order valence-electron chi connectivity index (χ0n) is 11.3. The van der Waals surface area contributed by atoms with Gasteiger partial charge in [-0.25, -0.2) is 0 Å². The molecule has 2 atom stereocenters. The van der Waals surface area contributed by atoms with Crippen LogP contribution in [0.4, 0.5) is 0 Å². The lowest BCUT2D eigenvalue weighted by atomic mass is 9.85. The zero-order chi connectivity index (χ0) is 13.1. The van der Waals surface area contributed by atoms with E-state index in [0.717, 1.165) is 31.7 Å². The molecule has 1 aromatic heterocycles. The van der Waals surface area contributed by atoms with Crippen molar-refractivity contribution < 1.29 is 0 Å². The fourth-order valence-corrected chi connectivity index (χ4v) is 4.03. The van der Waals surface area contributed by atoms with Crippen molar-refractivity contribution in [3.8, 4) is 0 Å². The molecule has 102 valence electrons. The number of hydrogen-bond donors (Lipinski definition) is 0. The van der Waals surface area contributed by atoms with Gasteiger partial charge in [0.1, 0.15) is 0 Å². The van der Waals surface area contributed by atoms with Crippen LogP contribution in [0, 0.1) is 5.92 Å². The molecular weight excluding hydrogens is 312 g/mol. The maximum atomic E-state index is 6.29. The lowest BCUT2D eigenvalue weighted by Crippen LogP contribution is -2.19. The highest BCUT2D eigenvalue weighted by atomic mass is 79.9. The van der Waals surface area contributed by atoms with E-state index in [4.69, 9.17) is 11.6 Å². The molecule has 4 heteroatoms. The summed E-state index contributed by atoms with van der Waals surface area (Å²) < 4.78 is 3.38. The van der Waals surface area contributed by atoms with E-state index in [0.29, 0.717) is 5.38 Å². The number of rotatable bonds is 4. The van der Waals surface area contributed by atoms with Gasteiger partial charge in [0, 0.05) is 11.9 Å². The molecule has 0 radical (unpaired) electrons. The molecule has 2 unspecified atom stereocenters. The summed E-state index contributed by atoms with van der Waals surface area (Å²) in [6, 6.07) is 0. The van der Waals surface area contributed by atoms with Crippen LogP contribution in [0.3, 0.4) is 0 Å². The Kier molecular flexibility index (Phi) is 5.14. The number of hydrogen-bond acceptors (Lipinski definition) is 1. The largest absolute Gasteiger partial charge is 0.268 e. The molecule has 2 nitrogen and oxygen atoms in total. The first kappa shape index (κ1) is 14.4. The Morgan fingerprint density at radius 2 is 2.17 bits per heavy atom. The Morgan fingerprint density at radius 1 is 1.39 bits per heavy atom. The van der Waals surface area contributed by atoms with Gasteiger partial charge in [-0.15, -0.1) is 11.6 Å². The Bertz CT molecular complexity index is 403. The molecule has 2 rings (SSSR count). The molecule has 0 aliphatic heterocycles. The fourth-order valence-electron chi connectivity index (χ4n) is 2.90. The van der Waals surface area contributed by atoms with Crippen LogP contribution < -0.4 is 0 Å². The second-order valence-electron chi connectivity index (χ2n) is 5.21. The predicted molar refractivity (Wildman–Crippen MR) is 80.3 cm³/mol. The van der Waals surface area contributed by atoms with Gasteiger partial charge in [0.05, 0.1) is 15.9 Å². The van der Waals surface area contributed by atoms with Crippen molar-refractivity contribution in [3.05, 3.63) is 15.9 Å². The maximum absolute atomic E-state index is 6.29. The Morgan fingerprint density at radius 3 is 2.78 bits per heavy atom. The van der Waals surface area contributed by atoms with Crippen molar-refractivity contribution in [2.75, 3.05) is 0 Å². The Hall–Kier alpha value is -0.0200. The lowest BCUT2D eigenvalue weighted by Gasteiger charge is -2.25. The average Bonchev–Trinajstić information content (AvgIpc) is 2.66. The third kappa shape index (κ3) is 3.11. The van der Waals surface area contributed by atoms with Crippen molar-refractivity contribution in [3.63, 3.8) is 0 Å². The van der Waals surface area contributed by atoms with Gasteiger partial charge in [0.15, 0.2) is 0 Å². The van der Waals surface area contributed by atoms with E-state index < -0.39 is 0 Å². The molecule has 0 saturated heterocycles. The van der Waals surface area contributed by atoms with E-state index in [1.165, 1.54) is 35.1 Å². The van der Waals surface area contributed by atoms with Crippen molar-refractivity contribution in [2.24, 2.45) is 5.92 Å². The van der Waals surface area contributed by atoms with Crippen LogP contribution in [-0.2, 0) is 19.4 Å². The molecule has 1 fully saturated rings. The molecule has 1 aliphatic carbocycles. The van der Waals surface area contributed by atoms with Gasteiger partial charge in [0.25, 0.3) is 0 Å². The summed E-state index contributed by atoms with van der Waals surface area (Å²) in [6.07, 6.45) is 7.04. The molecule has 0 spiro atoms. The van der Waals surface area contributed by atoms with Gasteiger partial charge < -0.3 is 0 Å². The molecule has 1 saturated carbocycles. The summed E-state index contributed by atoms with van der Waals surface area (Å²) >= 11 is 10.0. The second-order valence-corrected chi connectivity index (χ2v) is 6.62. The van der Waals surface area contributed by atoms with Gasteiger partial charge in [-0.2, -0.15) is 5.10 Å². The topological polar surface area (TPSA) is 17.8 Å². The summed E-state index contributed by atoms with van der Waals surface area (Å²) in [4.78, 5) is 0. The molecule has 1 heterocycles. The van der Waals surface area contributed by atoms with Crippen molar-refractivity contribution in [2.45, 2.75) is 64.3 Å². The summed E-state index contributed by atoms with van der Waals surface area (Å²) in [7, 11) is 0. The van der Waals surface area contributed by atoms with Crippen molar-refractivity contribution >= 4 is 27.5 Å². The number of halogens is 2. The van der Waals surface area contributed by atoms with E-state index in [1.54, 1.807) is 0 Å². The van der Waals surface area contributed by atoms with Crippen molar-refractivity contribution in [1.29, 1.82) is 0 Å². The summed E-state index contributed by atoms with van der Waals surface area (Å²) in [5, 5.41) is 5.05. The van der Waals surface area contributed by atoms with Crippen LogP contribution in [0.2, 0.25) is 0 Å². The molecule has 1 aliphatic rings. The third-order valence-electron chi connectivity index (χ3n) is 3.89. The number of aryl methyl sites for hydroxylation is 2. The van der Waals surface area contributed by atoms with E-state index in [9.17, 15) is 0 Å². The van der Waals surface area contributed by atoms with Gasteiger partial charge in [-0.1, -0.05) is 13.3 Å². The Labute approximate surface area is 123 Å². The molecule has 18 heavy (non-hydrogen) atoms. The molecule has 0 amide bonds. The smallest absolute Gasteiger partial charge is 0.0766 e. The predicted octanol–water partition coefficient (Wildman–Crippen LogP) is 4.57. The first-order valence-corrected chi connectivity index (χ1v) is 8.26. The molecule has 1 aromatic rings. The second kappa shape index (κ2) is 6.42. The van der Waals surface area contributed by atoms with Crippen LogP contribution in [0.1, 0.15) is 50.9 Å². The van der Waals surface area contributed by atoms with Gasteiger partial charge >= 0.3 is 0 Å². The quantitative estimate of drug-likeness (QED) is 0.738. The first-order valence-electron chi connectivity index (χ1n) is 7.03. The first-order chi connectivity index (χ1) is 8.65. The van der Waals surface area contributed by atoms with Crippen molar-refractivity contribution in [1.82, 2.24) is 9.78 Å². The highest BCUT2D eigenvalue weighted by Gasteiger charge is 2.23. The van der Waals surface area contributed by atoms with Crippen LogP contribution in [0.15, 0.2) is 4.47 Å². The molecular formula is C14H22BrClN2. The lowest BCUT2D eigenvalue weighted by molar-refractivity contribution is 0.353. The van der Waals surface area contributed by atoms with E-state index in [1.807, 2.05) is 0 Å². The van der Waals surface area contributed by atoms with Crippen LogP contribution in [-0.4, -0.2) is 15.2 Å². The van der Waals surface area contributed by atoms with Gasteiger partial charge in [-0.3, -0.25) is 4.68 Å². The molecule has 0 aromatic carbocycles. The van der Waals surface area contributed by atoms with Gasteiger partial charge in [0.2, 0.25) is 0 Å². The minimum absolute atomic E-state index is 0.381. The SMILES string of the molecule is CCc1nn(CC)c(CC2CCCC(Cl)C2)c1Br. The standard InChI is InChI=1S/C14H22BrClN2/c1-3-12-14(15)13(18(4-2)17-12)9-10-6-5-7-11(16)8-10/h10-11H,3-9H2,1-2H3. The highest BCUT2D eigenvalue weighted by molar-refractivity contribution is 9.10. The third-order valence-corrected chi connectivity index (χ3v) is 5.21. The zero-order valence-corrected chi connectivity index (χ0v) is 13.6. The molecule has 0 N–H and O–H groups in total. The number of aromatic nitrogens is 2.